The standard InChI is InChI=1S/C58H35N5/c1-2-16-38-34-39(29-28-36(38)14-1)61-50-26-11-6-20-45(50)55-52(61)32-33-53-56(55)46-21-7-12-27-51(46)62(53)40-30-31-43-42-19-5-10-25-49(42)63(54(43)35-40)58-57(59-47-23-8-9-24-48(47)60-58)44-22-13-17-37-15-3-4-18-41(37)44/h1-35H. The molecule has 10 aromatic carbocycles. The topological polar surface area (TPSA) is 40.6 Å². The highest BCUT2D eigenvalue weighted by Gasteiger charge is 2.24. The van der Waals surface area contributed by atoms with Gasteiger partial charge < -0.3 is 9.13 Å². The molecule has 63 heavy (non-hydrogen) atoms. The third kappa shape index (κ3) is 4.87. The van der Waals surface area contributed by atoms with Gasteiger partial charge in [-0.1, -0.05) is 146 Å². The minimum Gasteiger partial charge on any atom is -0.309 e. The van der Waals surface area contributed by atoms with Crippen molar-refractivity contribution in [1.82, 2.24) is 23.7 Å². The molecule has 4 heterocycles. The molecule has 5 nitrogen and oxygen atoms in total. The van der Waals surface area contributed by atoms with E-state index < -0.39 is 0 Å². The molecule has 0 N–H and O–H groups in total. The molecule has 0 saturated carbocycles. The van der Waals surface area contributed by atoms with Crippen LogP contribution in [-0.4, -0.2) is 23.7 Å². The lowest BCUT2D eigenvalue weighted by Crippen LogP contribution is -2.04. The van der Waals surface area contributed by atoms with E-state index in [4.69, 9.17) is 9.97 Å². The first-order valence-corrected chi connectivity index (χ1v) is 21.5. The number of hydrogen-bond acceptors (Lipinski definition) is 2. The first-order chi connectivity index (χ1) is 31.3. The number of benzene rings is 10. The molecule has 0 saturated heterocycles. The summed E-state index contributed by atoms with van der Waals surface area (Å²) in [6.07, 6.45) is 0. The van der Waals surface area contributed by atoms with Crippen molar-refractivity contribution in [2.24, 2.45) is 0 Å². The first kappa shape index (κ1) is 34.2. The largest absolute Gasteiger partial charge is 0.309 e. The van der Waals surface area contributed by atoms with Crippen molar-refractivity contribution in [3.8, 4) is 28.5 Å². The van der Waals surface area contributed by atoms with Gasteiger partial charge in [-0.3, -0.25) is 4.57 Å². The highest BCUT2D eigenvalue weighted by atomic mass is 15.1. The summed E-state index contributed by atoms with van der Waals surface area (Å²) in [7, 11) is 0. The number of fused-ring (bicyclic) bond motifs is 13. The van der Waals surface area contributed by atoms with Gasteiger partial charge in [-0.25, -0.2) is 9.97 Å². The summed E-state index contributed by atoms with van der Waals surface area (Å²) >= 11 is 0. The summed E-state index contributed by atoms with van der Waals surface area (Å²) in [5.74, 6) is 0.804. The number of nitrogens with zero attached hydrogens (tertiary/aromatic N) is 5. The van der Waals surface area contributed by atoms with Gasteiger partial charge in [-0.05, 0) is 88.3 Å². The average Bonchev–Trinajstić information content (AvgIpc) is 3.98. The van der Waals surface area contributed by atoms with Crippen molar-refractivity contribution in [2.75, 3.05) is 0 Å². The van der Waals surface area contributed by atoms with Crippen molar-refractivity contribution in [2.45, 2.75) is 0 Å². The maximum absolute atomic E-state index is 5.49. The fourth-order valence-corrected chi connectivity index (χ4v) is 10.5. The van der Waals surface area contributed by atoms with Crippen LogP contribution in [0.15, 0.2) is 212 Å². The molecular formula is C58H35N5. The summed E-state index contributed by atoms with van der Waals surface area (Å²) in [5, 5.41) is 12.1. The first-order valence-electron chi connectivity index (χ1n) is 21.5. The van der Waals surface area contributed by atoms with Gasteiger partial charge in [0.2, 0.25) is 0 Å². The molecule has 0 atom stereocenters. The van der Waals surface area contributed by atoms with Crippen molar-refractivity contribution in [3.63, 3.8) is 0 Å². The summed E-state index contributed by atoms with van der Waals surface area (Å²) in [4.78, 5) is 10.9. The number of hydrogen-bond donors (Lipinski definition) is 0. The van der Waals surface area contributed by atoms with E-state index in [0.717, 1.165) is 72.3 Å². The van der Waals surface area contributed by atoms with Crippen LogP contribution in [0.4, 0.5) is 0 Å². The lowest BCUT2D eigenvalue weighted by Gasteiger charge is -2.16. The summed E-state index contributed by atoms with van der Waals surface area (Å²) in [6.45, 7) is 0. The Hall–Kier alpha value is -8.54. The van der Waals surface area contributed by atoms with Crippen LogP contribution in [0, 0.1) is 0 Å². The van der Waals surface area contributed by atoms with E-state index in [0.29, 0.717) is 0 Å². The molecule has 0 bridgehead atoms. The quantitative estimate of drug-likeness (QED) is 0.178. The second-order valence-corrected chi connectivity index (χ2v) is 16.6. The van der Waals surface area contributed by atoms with Crippen molar-refractivity contribution in [3.05, 3.63) is 212 Å². The Morgan fingerprint density at radius 2 is 0.794 bits per heavy atom. The van der Waals surface area contributed by atoms with Crippen molar-refractivity contribution < 1.29 is 0 Å². The SMILES string of the molecule is c1ccc2cc(-n3c4ccccc4c4c5c6ccccc6n(-c6ccc7c8ccccc8n(-c8nc9ccccc9nc8-c8cccc9ccccc89)c7c6)c5ccc43)ccc2c1. The molecule has 4 aromatic heterocycles. The van der Waals surface area contributed by atoms with Crippen LogP contribution in [0.3, 0.4) is 0 Å². The molecule has 14 rings (SSSR count). The van der Waals surface area contributed by atoms with Crippen LogP contribution >= 0.6 is 0 Å². The lowest BCUT2D eigenvalue weighted by molar-refractivity contribution is 1.08. The van der Waals surface area contributed by atoms with Gasteiger partial charge in [-0.15, -0.1) is 0 Å². The van der Waals surface area contributed by atoms with E-state index in [1.165, 1.54) is 54.1 Å². The zero-order chi connectivity index (χ0) is 41.2. The maximum Gasteiger partial charge on any atom is 0.165 e. The molecular weight excluding hydrogens is 767 g/mol. The molecule has 0 unspecified atom stereocenters. The van der Waals surface area contributed by atoms with Gasteiger partial charge in [0.05, 0.1) is 44.1 Å². The Balaban J connectivity index is 1.07. The molecule has 0 spiro atoms. The second-order valence-electron chi connectivity index (χ2n) is 16.6. The summed E-state index contributed by atoms with van der Waals surface area (Å²) < 4.78 is 7.23. The van der Waals surface area contributed by atoms with Crippen LogP contribution < -0.4 is 0 Å². The second kappa shape index (κ2) is 13.0. The molecule has 0 aliphatic heterocycles. The van der Waals surface area contributed by atoms with Crippen LogP contribution in [0.25, 0.3) is 126 Å². The molecule has 5 heteroatoms. The minimum atomic E-state index is 0.804. The highest BCUT2D eigenvalue weighted by Crippen LogP contribution is 2.44. The third-order valence-electron chi connectivity index (χ3n) is 13.2. The number of para-hydroxylation sites is 5. The van der Waals surface area contributed by atoms with Crippen LogP contribution in [0.5, 0.6) is 0 Å². The van der Waals surface area contributed by atoms with E-state index in [-0.39, 0.29) is 0 Å². The molecule has 0 aliphatic carbocycles. The van der Waals surface area contributed by atoms with E-state index >= 15 is 0 Å². The molecule has 0 amide bonds. The fraction of sp³-hybridized carbons (Fsp3) is 0. The molecule has 14 aromatic rings. The minimum absolute atomic E-state index is 0.804. The molecule has 0 radical (unpaired) electrons. The highest BCUT2D eigenvalue weighted by molar-refractivity contribution is 6.29. The Morgan fingerprint density at radius 1 is 0.286 bits per heavy atom. The van der Waals surface area contributed by atoms with Crippen LogP contribution in [0.2, 0.25) is 0 Å². The average molecular weight is 802 g/mol. The molecule has 0 aliphatic rings. The monoisotopic (exact) mass is 801 g/mol. The predicted octanol–water partition coefficient (Wildman–Crippen LogP) is 14.9. The van der Waals surface area contributed by atoms with Gasteiger partial charge in [0.1, 0.15) is 5.69 Å². The van der Waals surface area contributed by atoms with Crippen molar-refractivity contribution >= 4 is 98.0 Å². The smallest absolute Gasteiger partial charge is 0.165 e. The van der Waals surface area contributed by atoms with E-state index in [2.05, 4.69) is 214 Å². The summed E-state index contributed by atoms with van der Waals surface area (Å²) in [5.41, 5.74) is 12.7. The fourth-order valence-electron chi connectivity index (χ4n) is 10.5. The summed E-state index contributed by atoms with van der Waals surface area (Å²) in [6, 6.07) is 76.6. The van der Waals surface area contributed by atoms with Gasteiger partial charge >= 0.3 is 0 Å². The number of aromatic nitrogens is 5. The Bertz CT molecular complexity index is 4220. The predicted molar refractivity (Wildman–Crippen MR) is 263 cm³/mol. The Labute approximate surface area is 360 Å². The normalized spacial score (nSPS) is 12.1. The number of rotatable bonds is 4. The lowest BCUT2D eigenvalue weighted by atomic mass is 10.0. The van der Waals surface area contributed by atoms with Crippen LogP contribution in [-0.2, 0) is 0 Å². The third-order valence-corrected chi connectivity index (χ3v) is 13.2. The zero-order valence-electron chi connectivity index (χ0n) is 33.9. The maximum atomic E-state index is 5.49. The van der Waals surface area contributed by atoms with Gasteiger partial charge in [0.15, 0.2) is 5.82 Å². The molecule has 0 fully saturated rings. The van der Waals surface area contributed by atoms with E-state index in [1.807, 2.05) is 12.1 Å². The molecule has 292 valence electrons. The van der Waals surface area contributed by atoms with Crippen molar-refractivity contribution in [1.29, 1.82) is 0 Å². The Kier molecular flexibility index (Phi) is 7.05. The Morgan fingerprint density at radius 3 is 1.51 bits per heavy atom. The van der Waals surface area contributed by atoms with Gasteiger partial charge in [0, 0.05) is 49.3 Å². The van der Waals surface area contributed by atoms with Crippen LogP contribution in [0.1, 0.15) is 0 Å². The van der Waals surface area contributed by atoms with Gasteiger partial charge in [0.25, 0.3) is 0 Å². The van der Waals surface area contributed by atoms with E-state index in [1.54, 1.807) is 0 Å². The van der Waals surface area contributed by atoms with E-state index in [9.17, 15) is 0 Å². The van der Waals surface area contributed by atoms with Gasteiger partial charge in [-0.2, -0.15) is 0 Å². The zero-order valence-corrected chi connectivity index (χ0v) is 33.9.